The molecular weight excluding hydrogens is 322 g/mol. The summed E-state index contributed by atoms with van der Waals surface area (Å²) in [5, 5.41) is 3.20. The molecule has 2 fully saturated rings. The van der Waals surface area contributed by atoms with E-state index in [9.17, 15) is 4.79 Å². The summed E-state index contributed by atoms with van der Waals surface area (Å²) in [7, 11) is 0. The van der Waals surface area contributed by atoms with Gasteiger partial charge in [-0.3, -0.25) is 4.79 Å². The van der Waals surface area contributed by atoms with E-state index in [1.807, 2.05) is 18.2 Å². The number of hydrogen-bond donors (Lipinski definition) is 1. The molecule has 0 aliphatic carbocycles. The molecule has 0 bridgehead atoms. The van der Waals surface area contributed by atoms with Crippen molar-refractivity contribution in [3.8, 4) is 11.5 Å². The van der Waals surface area contributed by atoms with Crippen LogP contribution >= 0.6 is 0 Å². The first kappa shape index (κ1) is 16.7. The number of carbonyl (C=O) groups is 1. The molecule has 2 saturated heterocycles. The fourth-order valence-electron chi connectivity index (χ4n) is 3.90. The van der Waals surface area contributed by atoms with Crippen molar-refractivity contribution in [2.45, 2.75) is 50.2 Å². The summed E-state index contributed by atoms with van der Waals surface area (Å²) in [5.74, 6) is 1.65. The van der Waals surface area contributed by atoms with E-state index in [1.54, 1.807) is 0 Å². The highest BCUT2D eigenvalue weighted by molar-refractivity contribution is 5.76. The lowest BCUT2D eigenvalue weighted by molar-refractivity contribution is -0.144. The molecule has 1 aromatic carbocycles. The molecule has 0 saturated carbocycles. The van der Waals surface area contributed by atoms with Crippen molar-refractivity contribution < 1.29 is 23.7 Å². The Labute approximate surface area is 147 Å². The molecule has 0 aromatic heterocycles. The Morgan fingerprint density at radius 2 is 2.00 bits per heavy atom. The summed E-state index contributed by atoms with van der Waals surface area (Å²) >= 11 is 0. The summed E-state index contributed by atoms with van der Waals surface area (Å²) in [5.41, 5.74) is 0.999. The smallest absolute Gasteiger partial charge is 0.231 e. The van der Waals surface area contributed by atoms with Gasteiger partial charge in [0.05, 0.1) is 5.60 Å². The number of nitrogens with one attached hydrogen (secondary N) is 1. The molecule has 6 nitrogen and oxygen atoms in total. The van der Waals surface area contributed by atoms with Crippen LogP contribution in [0.3, 0.4) is 0 Å². The maximum absolute atomic E-state index is 12.4. The van der Waals surface area contributed by atoms with Crippen LogP contribution in [0.1, 0.15) is 37.7 Å². The molecule has 0 radical (unpaired) electrons. The van der Waals surface area contributed by atoms with Gasteiger partial charge in [0.25, 0.3) is 0 Å². The summed E-state index contributed by atoms with van der Waals surface area (Å²) < 4.78 is 22.2. The number of aryl methyl sites for hydroxylation is 1. The van der Waals surface area contributed by atoms with Crippen molar-refractivity contribution in [2.24, 2.45) is 0 Å². The standard InChI is InChI=1S/C19H25NO5/c21-18(4-2-14-1-3-16-17(11-14)24-13-23-16)20-15-5-8-25-19(12-15)6-9-22-10-7-19/h1,3,11,15H,2,4-10,12-13H2,(H,20,21)/t15-/m0/s1. The predicted molar refractivity (Wildman–Crippen MR) is 90.8 cm³/mol. The third kappa shape index (κ3) is 3.90. The summed E-state index contributed by atoms with van der Waals surface area (Å²) in [6.45, 7) is 2.50. The largest absolute Gasteiger partial charge is 0.454 e. The van der Waals surface area contributed by atoms with E-state index >= 15 is 0 Å². The maximum Gasteiger partial charge on any atom is 0.231 e. The average molecular weight is 347 g/mol. The average Bonchev–Trinajstić information content (AvgIpc) is 3.08. The van der Waals surface area contributed by atoms with E-state index in [4.69, 9.17) is 18.9 Å². The van der Waals surface area contributed by atoms with Crippen LogP contribution < -0.4 is 14.8 Å². The normalized spacial score (nSPS) is 24.2. The van der Waals surface area contributed by atoms with Gasteiger partial charge in [0, 0.05) is 32.3 Å². The number of amides is 1. The lowest BCUT2D eigenvalue weighted by Crippen LogP contribution is -2.51. The Morgan fingerprint density at radius 3 is 2.88 bits per heavy atom. The molecular formula is C19H25NO5. The first-order chi connectivity index (χ1) is 12.2. The minimum Gasteiger partial charge on any atom is -0.454 e. The van der Waals surface area contributed by atoms with Crippen LogP contribution in [0.4, 0.5) is 0 Å². The van der Waals surface area contributed by atoms with Gasteiger partial charge >= 0.3 is 0 Å². The second-order valence-electron chi connectivity index (χ2n) is 7.09. The van der Waals surface area contributed by atoms with Crippen molar-refractivity contribution in [3.63, 3.8) is 0 Å². The minimum atomic E-state index is -0.0915. The van der Waals surface area contributed by atoms with Gasteiger partial charge in [-0.05, 0) is 49.8 Å². The van der Waals surface area contributed by atoms with E-state index in [0.717, 1.165) is 56.0 Å². The molecule has 136 valence electrons. The lowest BCUT2D eigenvalue weighted by atomic mass is 9.84. The minimum absolute atomic E-state index is 0.0915. The van der Waals surface area contributed by atoms with E-state index in [2.05, 4.69) is 5.32 Å². The zero-order valence-electron chi connectivity index (χ0n) is 14.4. The number of hydrogen-bond acceptors (Lipinski definition) is 5. The highest BCUT2D eigenvalue weighted by Gasteiger charge is 2.39. The van der Waals surface area contributed by atoms with Gasteiger partial charge in [0.2, 0.25) is 12.7 Å². The molecule has 1 aromatic rings. The van der Waals surface area contributed by atoms with Gasteiger partial charge in [0.15, 0.2) is 11.5 Å². The zero-order chi connectivity index (χ0) is 17.1. The Balaban J connectivity index is 1.27. The van der Waals surface area contributed by atoms with Gasteiger partial charge in [-0.15, -0.1) is 0 Å². The molecule has 1 atom stereocenters. The van der Waals surface area contributed by atoms with Crippen molar-refractivity contribution in [1.29, 1.82) is 0 Å². The number of ether oxygens (including phenoxy) is 4. The molecule has 1 amide bonds. The zero-order valence-corrected chi connectivity index (χ0v) is 14.4. The van der Waals surface area contributed by atoms with Crippen molar-refractivity contribution in [3.05, 3.63) is 23.8 Å². The van der Waals surface area contributed by atoms with Crippen LogP contribution in [-0.2, 0) is 20.7 Å². The summed E-state index contributed by atoms with van der Waals surface area (Å²) in [6, 6.07) is 6.06. The van der Waals surface area contributed by atoms with Gasteiger partial charge in [-0.25, -0.2) is 0 Å². The molecule has 3 heterocycles. The Hall–Kier alpha value is -1.79. The van der Waals surface area contributed by atoms with Crippen LogP contribution in [0, 0.1) is 0 Å². The second-order valence-corrected chi connectivity index (χ2v) is 7.09. The first-order valence-electron chi connectivity index (χ1n) is 9.12. The lowest BCUT2D eigenvalue weighted by Gasteiger charge is -2.43. The fourth-order valence-corrected chi connectivity index (χ4v) is 3.90. The maximum atomic E-state index is 12.4. The van der Waals surface area contributed by atoms with Crippen LogP contribution in [0.25, 0.3) is 0 Å². The monoisotopic (exact) mass is 347 g/mol. The molecule has 1 spiro atoms. The van der Waals surface area contributed by atoms with Gasteiger partial charge in [-0.2, -0.15) is 0 Å². The van der Waals surface area contributed by atoms with Crippen molar-refractivity contribution in [2.75, 3.05) is 26.6 Å². The van der Waals surface area contributed by atoms with Gasteiger partial charge in [-0.1, -0.05) is 6.07 Å². The fraction of sp³-hybridized carbons (Fsp3) is 0.632. The van der Waals surface area contributed by atoms with Crippen LogP contribution in [0.5, 0.6) is 11.5 Å². The molecule has 6 heteroatoms. The van der Waals surface area contributed by atoms with Crippen LogP contribution in [-0.4, -0.2) is 44.2 Å². The van der Waals surface area contributed by atoms with Crippen molar-refractivity contribution in [1.82, 2.24) is 5.32 Å². The van der Waals surface area contributed by atoms with Crippen LogP contribution in [0.15, 0.2) is 18.2 Å². The Bertz CT molecular complexity index is 621. The number of carbonyl (C=O) groups excluding carboxylic acids is 1. The van der Waals surface area contributed by atoms with Crippen LogP contribution in [0.2, 0.25) is 0 Å². The van der Waals surface area contributed by atoms with E-state index in [0.29, 0.717) is 19.4 Å². The highest BCUT2D eigenvalue weighted by Crippen LogP contribution is 2.34. The number of benzene rings is 1. The van der Waals surface area contributed by atoms with E-state index < -0.39 is 0 Å². The Kier molecular flexibility index (Phi) is 4.81. The highest BCUT2D eigenvalue weighted by atomic mass is 16.7. The second kappa shape index (κ2) is 7.22. The van der Waals surface area contributed by atoms with Gasteiger partial charge < -0.3 is 24.3 Å². The molecule has 3 aliphatic rings. The number of fused-ring (bicyclic) bond motifs is 1. The topological polar surface area (TPSA) is 66.0 Å². The molecule has 4 rings (SSSR count). The molecule has 0 unspecified atom stereocenters. The first-order valence-corrected chi connectivity index (χ1v) is 9.12. The summed E-state index contributed by atoms with van der Waals surface area (Å²) in [4.78, 5) is 12.4. The third-order valence-corrected chi connectivity index (χ3v) is 5.34. The van der Waals surface area contributed by atoms with E-state index in [-0.39, 0.29) is 24.3 Å². The third-order valence-electron chi connectivity index (χ3n) is 5.34. The quantitative estimate of drug-likeness (QED) is 0.904. The predicted octanol–water partition coefficient (Wildman–Crippen LogP) is 2.19. The molecule has 1 N–H and O–H groups in total. The van der Waals surface area contributed by atoms with E-state index in [1.165, 1.54) is 0 Å². The molecule has 3 aliphatic heterocycles. The SMILES string of the molecule is O=C(CCc1ccc2c(c1)OCO2)N[C@H]1CCOC2(CCOCC2)C1. The summed E-state index contributed by atoms with van der Waals surface area (Å²) in [6.07, 6.45) is 4.81. The van der Waals surface area contributed by atoms with Gasteiger partial charge in [0.1, 0.15) is 0 Å². The molecule has 25 heavy (non-hydrogen) atoms. The number of rotatable bonds is 4. The van der Waals surface area contributed by atoms with Crippen molar-refractivity contribution >= 4 is 5.91 Å². The Morgan fingerprint density at radius 1 is 1.16 bits per heavy atom.